The van der Waals surface area contributed by atoms with Gasteiger partial charge in [-0.3, -0.25) is 24.5 Å². The number of nitrogens with one attached hydrogen (secondary N) is 5. The highest BCUT2D eigenvalue weighted by Gasteiger charge is 2.42. The highest BCUT2D eigenvalue weighted by atomic mass is 79.9. The van der Waals surface area contributed by atoms with Crippen LogP contribution in [0.1, 0.15) is 132 Å². The zero-order valence-corrected chi connectivity index (χ0v) is 79.6. The van der Waals surface area contributed by atoms with E-state index in [1.165, 1.54) is 36.5 Å². The molecule has 5 N–H and O–H groups in total. The molecule has 135 heavy (non-hydrogen) atoms. The molecule has 0 saturated carbocycles. The third-order valence-corrected chi connectivity index (χ3v) is 26.7. The van der Waals surface area contributed by atoms with Crippen molar-refractivity contribution in [2.45, 2.75) is 69.2 Å². The van der Waals surface area contributed by atoms with E-state index in [0.29, 0.717) is 87.7 Å². The van der Waals surface area contributed by atoms with Crippen molar-refractivity contribution >= 4 is 171 Å². The van der Waals surface area contributed by atoms with Crippen LogP contribution >= 0.6 is 85.5 Å². The van der Waals surface area contributed by atoms with Gasteiger partial charge < -0.3 is 53.3 Å². The molecular formula is C105H89BrCl6N12O11. The molecule has 0 saturated heterocycles. The molecule has 30 heteroatoms. The number of hydrogen-bond acceptors (Lipinski definition) is 13. The number of ether oxygens (including phenoxy) is 6. The minimum Gasteiger partial charge on any atom is -0.497 e. The van der Waals surface area contributed by atoms with Gasteiger partial charge in [0.1, 0.15) is 48.3 Å². The molecule has 5 aliphatic rings. The Kier molecular flexibility index (Phi) is 28.7. The molecule has 0 spiro atoms. The lowest BCUT2D eigenvalue weighted by atomic mass is 9.92. The molecule has 0 bridgehead atoms. The number of aromatic nitrogens is 5. The van der Waals surface area contributed by atoms with Crippen molar-refractivity contribution in [1.82, 2.24) is 49.4 Å². The van der Waals surface area contributed by atoms with Crippen molar-refractivity contribution in [2.24, 2.45) is 0 Å². The van der Waals surface area contributed by atoms with Crippen LogP contribution in [0.4, 0.5) is 24.0 Å². The number of carbonyl (C=O) groups excluding carboxylic acids is 5. The quantitative estimate of drug-likeness (QED) is 0.0630. The number of amides is 5. The Hall–Kier alpha value is -13.5. The van der Waals surface area contributed by atoms with Crippen LogP contribution in [0.15, 0.2) is 253 Å². The van der Waals surface area contributed by atoms with Crippen LogP contribution in [0.3, 0.4) is 0 Å². The number of benzene rings is 11. The Bertz CT molecular complexity index is 7220. The molecule has 5 unspecified atom stereocenters. The molecule has 684 valence electrons. The van der Waals surface area contributed by atoms with Crippen molar-refractivity contribution in [3.63, 3.8) is 0 Å². The van der Waals surface area contributed by atoms with Crippen molar-refractivity contribution < 1.29 is 52.4 Å². The predicted molar refractivity (Wildman–Crippen MR) is 530 cm³/mol. The van der Waals surface area contributed by atoms with Gasteiger partial charge in [0.15, 0.2) is 0 Å². The Morgan fingerprint density at radius 3 is 0.993 bits per heavy atom. The van der Waals surface area contributed by atoms with Crippen LogP contribution in [0.2, 0.25) is 25.1 Å². The van der Waals surface area contributed by atoms with E-state index in [4.69, 9.17) is 109 Å². The Balaban J connectivity index is 0.000000117. The highest BCUT2D eigenvalue weighted by Crippen LogP contribution is 2.47. The number of nitrogens with zero attached hydrogens (tertiary/aromatic N) is 7. The van der Waals surface area contributed by atoms with E-state index >= 15 is 0 Å². The first kappa shape index (κ1) is 93.3. The molecule has 5 aliphatic heterocycles. The monoisotopic (exact) mass is 1980 g/mol. The average molecular weight is 1990 g/mol. The number of halogens is 7. The summed E-state index contributed by atoms with van der Waals surface area (Å²) in [5, 5.41) is 27.1. The predicted octanol–water partition coefficient (Wildman–Crippen LogP) is 25.6. The number of alkyl halides is 1. The molecule has 0 aliphatic carbocycles. The highest BCUT2D eigenvalue weighted by molar-refractivity contribution is 9.10. The van der Waals surface area contributed by atoms with Crippen LogP contribution in [0.5, 0.6) is 11.5 Å². The summed E-state index contributed by atoms with van der Waals surface area (Å²) in [6.45, 7) is 5.10. The SMILES string of the molecule is CCOC(=O)N1CCc2c([nH]c3ccc(Cl)cc23)C1c1ccc(C#N)cc1.COC(=O)N1CCc2c([nH]c3ccc(Cl)cc23)C1c1ccc(C#N)cc1.COC(=O)N1CCc2c([nH]c3ccc(Cl)cc23)C1c1cccc(Br)c1.COc1cccc(C2c3[nH]c4ccc(Cl)cc4c3CCN2C(=O)OCCCl)c1.O=C(Oc1ccccc1)N1CCc2c([nH]c3ccc(Cl)cc23)C1c1ccccc1. The fourth-order valence-electron chi connectivity index (χ4n) is 18.9. The van der Waals surface area contributed by atoms with Gasteiger partial charge in [-0.25, -0.2) is 24.0 Å². The molecular weight excluding hydrogens is 1900 g/mol. The van der Waals surface area contributed by atoms with Crippen molar-refractivity contribution in [3.8, 4) is 23.6 Å². The van der Waals surface area contributed by atoms with E-state index in [1.807, 2.05) is 212 Å². The van der Waals surface area contributed by atoms with E-state index in [2.05, 4.69) is 53.0 Å². The lowest BCUT2D eigenvalue weighted by Crippen LogP contribution is -2.42. The summed E-state index contributed by atoms with van der Waals surface area (Å²) in [5.41, 5.74) is 21.9. The molecule has 5 aromatic heterocycles. The summed E-state index contributed by atoms with van der Waals surface area (Å²) in [5.74, 6) is 1.54. The van der Waals surface area contributed by atoms with Gasteiger partial charge >= 0.3 is 30.5 Å². The fourth-order valence-corrected chi connectivity index (χ4v) is 20.3. The number of nitriles is 2. The number of rotatable bonds is 10. The maximum Gasteiger partial charge on any atom is 0.416 e. The van der Waals surface area contributed by atoms with E-state index in [9.17, 15) is 24.0 Å². The van der Waals surface area contributed by atoms with Crippen molar-refractivity contribution in [2.75, 3.05) is 73.1 Å². The molecule has 0 radical (unpaired) electrons. The topological polar surface area (TPSA) is 283 Å². The number of methoxy groups -OCH3 is 3. The number of H-pyrrole nitrogens is 5. The molecule has 0 fully saturated rings. The van der Waals surface area contributed by atoms with Gasteiger partial charge in [0, 0.05) is 145 Å². The van der Waals surface area contributed by atoms with Crippen LogP contribution in [-0.4, -0.2) is 153 Å². The Labute approximate surface area is 816 Å². The fraction of sp³-hybridized carbons (Fsp3) is 0.210. The standard InChI is InChI=1S/C24H19ClN2O2.C21H20Cl2N2O3.C21H18ClN3O2.C20H16ClN3O2.C19H16BrClN2O2/c25-17-11-12-21-20(15-17)19-13-14-27(24(28)29-18-9-5-2-6-10-18)23(22(19)26-21)16-7-3-1-4-8-16;1-27-15-4-2-3-13(11-15)20-19-16(7-9-25(20)21(26)28-10-8-22)17-12-14(23)5-6-18(17)24-19;1-2-27-21(26)25-10-9-16-17-11-15(22)7-8-18(17)24-19(16)20(25)14-5-3-13(12-23)4-6-14;1-26-20(25)24-9-8-15-16-10-14(21)6-7-17(16)23-18(15)19(24)13-4-2-12(11-22)3-5-13;1-25-19(24)23-8-7-14-15-10-13(21)5-6-16(15)22-17(14)18(23)11-3-2-4-12(20)9-11/h1-12,15,23,26H,13-14H2;2-6,11-12,20,24H,7-10H2,1H3;3-8,11,20,24H,2,9-10H2,1H3;2-7,10,19,23H,8-9H2,1H3;2-6,9-10,18,22H,7-8H2,1H3. The van der Waals surface area contributed by atoms with E-state index in [-0.39, 0.29) is 73.2 Å². The molecule has 5 amide bonds. The van der Waals surface area contributed by atoms with Crippen LogP contribution in [-0.2, 0) is 51.1 Å². The summed E-state index contributed by atoms with van der Waals surface area (Å²) in [6.07, 6.45) is 1.88. The minimum absolute atomic E-state index is 0.177. The molecule has 10 heterocycles. The molecule has 5 atom stereocenters. The zero-order chi connectivity index (χ0) is 94.2. The van der Waals surface area contributed by atoms with Gasteiger partial charge in [-0.2, -0.15) is 10.5 Å². The van der Waals surface area contributed by atoms with E-state index < -0.39 is 0 Å². The van der Waals surface area contributed by atoms with Crippen LogP contribution < -0.4 is 9.47 Å². The number of fused-ring (bicyclic) bond motifs is 15. The summed E-state index contributed by atoms with van der Waals surface area (Å²) < 4.78 is 32.7. The second kappa shape index (κ2) is 41.5. The number of aromatic amines is 5. The number of carbonyl (C=O) groups is 5. The smallest absolute Gasteiger partial charge is 0.416 e. The molecule has 21 rings (SSSR count). The summed E-state index contributed by atoms with van der Waals surface area (Å²) in [6, 6.07) is 81.5. The number of hydrogen-bond donors (Lipinski definition) is 5. The summed E-state index contributed by atoms with van der Waals surface area (Å²) in [4.78, 5) is 89.4. The van der Waals surface area contributed by atoms with Gasteiger partial charge in [0.2, 0.25) is 0 Å². The third kappa shape index (κ3) is 19.6. The van der Waals surface area contributed by atoms with Gasteiger partial charge in [-0.15, -0.1) is 11.6 Å². The van der Waals surface area contributed by atoms with Crippen molar-refractivity contribution in [1.29, 1.82) is 10.5 Å². The van der Waals surface area contributed by atoms with Gasteiger partial charge in [-0.05, 0) is 246 Å². The summed E-state index contributed by atoms with van der Waals surface area (Å²) >= 11 is 40.2. The average Bonchev–Trinajstić information content (AvgIpc) is 1.63. The van der Waals surface area contributed by atoms with Gasteiger partial charge in [0.25, 0.3) is 0 Å². The summed E-state index contributed by atoms with van der Waals surface area (Å²) in [7, 11) is 4.43. The second-order valence-corrected chi connectivity index (χ2v) is 36.1. The van der Waals surface area contributed by atoms with Crippen molar-refractivity contribution in [3.05, 3.63) is 374 Å². The zero-order valence-electron chi connectivity index (χ0n) is 73.5. The maximum atomic E-state index is 13.1. The van der Waals surface area contributed by atoms with E-state index in [1.54, 1.807) is 74.9 Å². The Morgan fingerprint density at radius 1 is 0.356 bits per heavy atom. The molecule has 23 nitrogen and oxygen atoms in total. The first-order valence-electron chi connectivity index (χ1n) is 43.7. The maximum absolute atomic E-state index is 13.1. The third-order valence-electron chi connectivity index (χ3n) is 24.9. The van der Waals surface area contributed by atoms with Crippen LogP contribution in [0, 0.1) is 22.7 Å². The lowest BCUT2D eigenvalue weighted by molar-refractivity contribution is 0.0927. The van der Waals surface area contributed by atoms with E-state index in [0.717, 1.165) is 152 Å². The van der Waals surface area contributed by atoms with Gasteiger partial charge in [-0.1, -0.05) is 171 Å². The first-order chi connectivity index (χ1) is 65.6. The molecule has 11 aromatic carbocycles. The largest absolute Gasteiger partial charge is 0.497 e. The van der Waals surface area contributed by atoms with Crippen LogP contribution in [0.25, 0.3) is 54.5 Å². The minimum atomic E-state index is -0.379. The number of para-hydroxylation sites is 1. The Morgan fingerprint density at radius 2 is 0.659 bits per heavy atom. The first-order valence-corrected chi connectivity index (χ1v) is 47.0. The molecule has 16 aromatic rings. The normalized spacial score (nSPS) is 16.2. The second-order valence-electron chi connectivity index (χ2n) is 32.6. The lowest BCUT2D eigenvalue weighted by Gasteiger charge is -2.35. The van der Waals surface area contributed by atoms with Gasteiger partial charge in [0.05, 0.1) is 57.1 Å².